The van der Waals surface area contributed by atoms with Crippen LogP contribution in [-0.2, 0) is 9.59 Å². The van der Waals surface area contributed by atoms with Crippen LogP contribution in [0.4, 0.5) is 4.79 Å². The minimum absolute atomic E-state index is 0.0355. The first-order valence-electron chi connectivity index (χ1n) is 10.0. The fourth-order valence-electron chi connectivity index (χ4n) is 6.30. The third-order valence-electron chi connectivity index (χ3n) is 6.90. The van der Waals surface area contributed by atoms with Crippen molar-refractivity contribution in [1.29, 1.82) is 0 Å². The lowest BCUT2D eigenvalue weighted by Crippen LogP contribution is -2.61. The summed E-state index contributed by atoms with van der Waals surface area (Å²) in [7, 11) is 0. The fraction of sp³-hybridized carbons (Fsp3) is 0.842. The number of nitrogens with zero attached hydrogens (tertiary/aromatic N) is 1. The van der Waals surface area contributed by atoms with Gasteiger partial charge in [0.1, 0.15) is 6.04 Å². The Morgan fingerprint density at radius 1 is 1.04 bits per heavy atom. The molecule has 0 aromatic heterocycles. The fourth-order valence-corrected chi connectivity index (χ4v) is 6.30. The molecule has 7 nitrogen and oxygen atoms in total. The van der Waals surface area contributed by atoms with Gasteiger partial charge in [-0.15, -0.1) is 0 Å². The number of urea groups is 1. The van der Waals surface area contributed by atoms with Crippen LogP contribution >= 0.6 is 0 Å². The Bertz CT molecular complexity index is 570. The Morgan fingerprint density at radius 3 is 2.23 bits per heavy atom. The number of carboxylic acids is 1. The maximum atomic E-state index is 12.4. The quantitative estimate of drug-likeness (QED) is 0.693. The van der Waals surface area contributed by atoms with E-state index in [1.807, 2.05) is 0 Å². The smallest absolute Gasteiger partial charge is 0.326 e. The first-order valence-corrected chi connectivity index (χ1v) is 10.0. The van der Waals surface area contributed by atoms with Crippen LogP contribution in [0.5, 0.6) is 0 Å². The molecule has 4 bridgehead atoms. The molecular weight excluding hydrogens is 334 g/mol. The summed E-state index contributed by atoms with van der Waals surface area (Å²) in [4.78, 5) is 37.2. The van der Waals surface area contributed by atoms with E-state index in [0.29, 0.717) is 13.0 Å². The van der Waals surface area contributed by atoms with E-state index in [1.165, 1.54) is 24.2 Å². The van der Waals surface area contributed by atoms with Gasteiger partial charge in [-0.1, -0.05) is 0 Å². The Labute approximate surface area is 153 Å². The molecule has 144 valence electrons. The molecule has 3 amide bonds. The van der Waals surface area contributed by atoms with Crippen molar-refractivity contribution >= 4 is 17.9 Å². The highest BCUT2D eigenvalue weighted by Gasteiger charge is 2.51. The summed E-state index contributed by atoms with van der Waals surface area (Å²) in [6.07, 6.45) is 8.67. The summed E-state index contributed by atoms with van der Waals surface area (Å²) in [6.45, 7) is 0.745. The molecule has 5 fully saturated rings. The van der Waals surface area contributed by atoms with Crippen molar-refractivity contribution in [2.75, 3.05) is 13.1 Å². The number of nitrogens with one attached hydrogen (secondary N) is 2. The zero-order valence-corrected chi connectivity index (χ0v) is 15.2. The Hall–Kier alpha value is -1.79. The van der Waals surface area contributed by atoms with Crippen LogP contribution in [0.2, 0.25) is 0 Å². The molecule has 1 aliphatic heterocycles. The summed E-state index contributed by atoms with van der Waals surface area (Å²) in [5.74, 6) is 1.18. The monoisotopic (exact) mass is 363 g/mol. The number of carbonyl (C=O) groups is 3. The van der Waals surface area contributed by atoms with Crippen LogP contribution < -0.4 is 10.6 Å². The molecule has 0 aromatic carbocycles. The lowest BCUT2D eigenvalue weighted by Gasteiger charge is -2.56. The number of amides is 3. The minimum Gasteiger partial charge on any atom is -0.480 e. The van der Waals surface area contributed by atoms with Gasteiger partial charge in [-0.2, -0.15) is 0 Å². The number of aliphatic carboxylic acids is 1. The average molecular weight is 363 g/mol. The van der Waals surface area contributed by atoms with Crippen LogP contribution in [0.25, 0.3) is 0 Å². The summed E-state index contributed by atoms with van der Waals surface area (Å²) >= 11 is 0. The van der Waals surface area contributed by atoms with Gasteiger partial charge < -0.3 is 20.6 Å². The number of hydrogen-bond acceptors (Lipinski definition) is 3. The summed E-state index contributed by atoms with van der Waals surface area (Å²) in [6, 6.07) is -0.890. The van der Waals surface area contributed by atoms with Crippen molar-refractivity contribution in [3.8, 4) is 0 Å². The second kappa shape index (κ2) is 6.74. The van der Waals surface area contributed by atoms with Gasteiger partial charge in [0.15, 0.2) is 0 Å². The predicted octanol–water partition coefficient (Wildman–Crippen LogP) is 1.72. The van der Waals surface area contributed by atoms with Gasteiger partial charge in [0.25, 0.3) is 0 Å². The molecule has 1 saturated heterocycles. The molecule has 5 aliphatic rings. The molecule has 1 unspecified atom stereocenters. The molecule has 1 atom stereocenters. The molecule has 5 rings (SSSR count). The molecule has 4 saturated carbocycles. The van der Waals surface area contributed by atoms with Crippen LogP contribution in [0.15, 0.2) is 0 Å². The summed E-state index contributed by atoms with van der Waals surface area (Å²) in [5.41, 5.74) is -0.0355. The van der Waals surface area contributed by atoms with Crippen LogP contribution in [-0.4, -0.2) is 52.6 Å². The molecule has 4 aliphatic carbocycles. The number of rotatable bonds is 5. The molecule has 3 N–H and O–H groups in total. The van der Waals surface area contributed by atoms with E-state index in [4.69, 9.17) is 5.11 Å². The molecule has 26 heavy (non-hydrogen) atoms. The summed E-state index contributed by atoms with van der Waals surface area (Å²) < 4.78 is 0. The zero-order chi connectivity index (χ0) is 18.3. The second-order valence-corrected chi connectivity index (χ2v) is 8.91. The van der Waals surface area contributed by atoms with Gasteiger partial charge in [-0.3, -0.25) is 4.79 Å². The van der Waals surface area contributed by atoms with Crippen LogP contribution in [0.1, 0.15) is 57.8 Å². The van der Waals surface area contributed by atoms with Crippen molar-refractivity contribution in [3.63, 3.8) is 0 Å². The zero-order valence-electron chi connectivity index (χ0n) is 15.2. The van der Waals surface area contributed by atoms with Crippen molar-refractivity contribution < 1.29 is 19.5 Å². The number of carboxylic acid groups (broad SMARTS) is 1. The highest BCUT2D eigenvalue weighted by molar-refractivity contribution is 5.84. The van der Waals surface area contributed by atoms with Crippen molar-refractivity contribution in [2.45, 2.75) is 69.4 Å². The van der Waals surface area contributed by atoms with Gasteiger partial charge in [-0.25, -0.2) is 9.59 Å². The number of likely N-dealkylation sites (tertiary alicyclic amines) is 1. The van der Waals surface area contributed by atoms with Crippen molar-refractivity contribution in [2.24, 2.45) is 17.8 Å². The van der Waals surface area contributed by atoms with E-state index in [1.54, 1.807) is 0 Å². The van der Waals surface area contributed by atoms with Gasteiger partial charge in [0.2, 0.25) is 5.91 Å². The third-order valence-corrected chi connectivity index (χ3v) is 6.90. The van der Waals surface area contributed by atoms with E-state index in [2.05, 4.69) is 10.6 Å². The second-order valence-electron chi connectivity index (χ2n) is 8.91. The molecular formula is C19H29N3O4. The van der Waals surface area contributed by atoms with E-state index >= 15 is 0 Å². The molecule has 0 aromatic rings. The van der Waals surface area contributed by atoms with E-state index in [9.17, 15) is 14.4 Å². The van der Waals surface area contributed by atoms with E-state index in [-0.39, 0.29) is 30.4 Å². The first-order chi connectivity index (χ1) is 12.4. The third kappa shape index (κ3) is 3.40. The maximum absolute atomic E-state index is 12.4. The Balaban J connectivity index is 1.23. The maximum Gasteiger partial charge on any atom is 0.326 e. The number of carbonyl (C=O) groups excluding carboxylic acids is 2. The summed E-state index contributed by atoms with van der Waals surface area (Å²) in [5, 5.41) is 15.2. The highest BCUT2D eigenvalue weighted by atomic mass is 16.4. The van der Waals surface area contributed by atoms with Crippen molar-refractivity contribution in [1.82, 2.24) is 15.5 Å². The SMILES string of the molecule is O=C(NCCC(=O)N1CCCC1C(=O)O)NC12CC3CC(CC(C3)C1)C2. The lowest BCUT2D eigenvalue weighted by atomic mass is 9.53. The molecule has 7 heteroatoms. The van der Waals surface area contributed by atoms with Gasteiger partial charge >= 0.3 is 12.0 Å². The van der Waals surface area contributed by atoms with E-state index < -0.39 is 12.0 Å². The molecule has 0 spiro atoms. The van der Waals surface area contributed by atoms with Gasteiger partial charge in [0.05, 0.1) is 0 Å². The topological polar surface area (TPSA) is 98.7 Å². The average Bonchev–Trinajstić information content (AvgIpc) is 3.02. The highest BCUT2D eigenvalue weighted by Crippen LogP contribution is 2.55. The normalized spacial score (nSPS) is 37.6. The largest absolute Gasteiger partial charge is 0.480 e. The van der Waals surface area contributed by atoms with Gasteiger partial charge in [-0.05, 0) is 69.1 Å². The van der Waals surface area contributed by atoms with Crippen molar-refractivity contribution in [3.05, 3.63) is 0 Å². The van der Waals surface area contributed by atoms with Crippen LogP contribution in [0.3, 0.4) is 0 Å². The molecule has 1 heterocycles. The van der Waals surface area contributed by atoms with E-state index in [0.717, 1.165) is 43.4 Å². The standard InChI is InChI=1S/C19H29N3O4/c23-16(22-5-1-2-15(22)17(24)25)3-4-20-18(26)21-19-9-12-6-13(10-19)8-14(7-12)11-19/h12-15H,1-11H2,(H,24,25)(H2,20,21,26). The predicted molar refractivity (Wildman–Crippen MR) is 94.4 cm³/mol. The van der Waals surface area contributed by atoms with Gasteiger partial charge in [0, 0.05) is 25.0 Å². The lowest BCUT2D eigenvalue weighted by molar-refractivity contribution is -0.148. The Kier molecular flexibility index (Phi) is 4.57. The number of hydrogen-bond donors (Lipinski definition) is 3. The Morgan fingerprint density at radius 2 is 1.65 bits per heavy atom. The minimum atomic E-state index is -0.941. The molecule has 0 radical (unpaired) electrons. The van der Waals surface area contributed by atoms with Crippen LogP contribution in [0, 0.1) is 17.8 Å². The first kappa shape index (κ1) is 17.6.